The van der Waals surface area contributed by atoms with Crippen molar-refractivity contribution in [2.24, 2.45) is 5.92 Å². The second-order valence-electron chi connectivity index (χ2n) is 6.53. The van der Waals surface area contributed by atoms with Gasteiger partial charge >= 0.3 is 0 Å². The molecule has 1 aromatic heterocycles. The van der Waals surface area contributed by atoms with Gasteiger partial charge in [0.15, 0.2) is 0 Å². The maximum Gasteiger partial charge on any atom is 0.246 e. The fraction of sp³-hybridized carbons (Fsp3) is 0.412. The lowest BCUT2D eigenvalue weighted by atomic mass is 9.97. The molecule has 0 unspecified atom stereocenters. The van der Waals surface area contributed by atoms with Crippen LogP contribution in [0.4, 0.5) is 14.5 Å². The Balaban J connectivity index is 1.68. The zero-order chi connectivity index (χ0) is 19.8. The molecule has 10 heteroatoms. The number of hydrogen-bond donors (Lipinski definition) is 2. The van der Waals surface area contributed by atoms with E-state index in [0.717, 1.165) is 12.1 Å². The molecular weight excluding hydrogens is 378 g/mol. The van der Waals surface area contributed by atoms with Crippen molar-refractivity contribution in [3.05, 3.63) is 41.2 Å². The van der Waals surface area contributed by atoms with E-state index in [1.807, 2.05) is 0 Å². The molecule has 2 aromatic rings. The number of nitrogens with one attached hydrogen (secondary N) is 2. The molecule has 0 saturated carbocycles. The zero-order valence-electron chi connectivity index (χ0n) is 14.9. The summed E-state index contributed by atoms with van der Waals surface area (Å²) >= 11 is 0. The molecule has 1 aliphatic heterocycles. The minimum atomic E-state index is -3.71. The lowest BCUT2D eigenvalue weighted by Crippen LogP contribution is -2.41. The summed E-state index contributed by atoms with van der Waals surface area (Å²) in [6, 6.07) is 3.33. The molecule has 1 fully saturated rings. The van der Waals surface area contributed by atoms with E-state index < -0.39 is 39.2 Å². The van der Waals surface area contributed by atoms with E-state index in [-0.39, 0.29) is 30.8 Å². The fourth-order valence-corrected chi connectivity index (χ4v) is 5.05. The summed E-state index contributed by atoms with van der Waals surface area (Å²) in [4.78, 5) is 12.5. The average Bonchev–Trinajstić information content (AvgIpc) is 2.97. The number of carbonyl (C=O) groups is 1. The summed E-state index contributed by atoms with van der Waals surface area (Å²) in [6.07, 6.45) is 0.522. The molecule has 27 heavy (non-hydrogen) atoms. The molecule has 0 bridgehead atoms. The number of para-hydroxylation sites is 1. The summed E-state index contributed by atoms with van der Waals surface area (Å²) in [5, 5.41) is 8.85. The Morgan fingerprint density at radius 1 is 1.22 bits per heavy atom. The summed E-state index contributed by atoms with van der Waals surface area (Å²) in [5.74, 6) is -2.75. The molecule has 1 amide bonds. The van der Waals surface area contributed by atoms with E-state index in [9.17, 15) is 22.0 Å². The lowest BCUT2D eigenvalue weighted by Gasteiger charge is -2.30. The number of anilines is 1. The molecule has 2 heterocycles. The predicted octanol–water partition coefficient (Wildman–Crippen LogP) is 2.34. The molecule has 0 aliphatic carbocycles. The van der Waals surface area contributed by atoms with E-state index in [4.69, 9.17) is 0 Å². The van der Waals surface area contributed by atoms with E-state index in [1.54, 1.807) is 13.8 Å². The number of aryl methyl sites for hydroxylation is 2. The molecular formula is C17H20F2N4O3S. The number of halogens is 2. The largest absolute Gasteiger partial charge is 0.321 e. The van der Waals surface area contributed by atoms with E-state index in [0.29, 0.717) is 11.4 Å². The highest BCUT2D eigenvalue weighted by Gasteiger charge is 2.35. The van der Waals surface area contributed by atoms with Crippen LogP contribution in [-0.2, 0) is 14.8 Å². The maximum atomic E-state index is 13.7. The highest BCUT2D eigenvalue weighted by Crippen LogP contribution is 2.28. The smallest absolute Gasteiger partial charge is 0.246 e. The maximum absolute atomic E-state index is 13.7. The van der Waals surface area contributed by atoms with Crippen LogP contribution in [0.3, 0.4) is 0 Å². The van der Waals surface area contributed by atoms with Gasteiger partial charge in [-0.3, -0.25) is 9.89 Å². The standard InChI is InChI=1S/C17H20F2N4O3S/c1-10-16(11(2)22-21-10)27(25,26)23-8-6-12(7-9-23)17(24)20-15-13(18)4-3-5-14(15)19/h3-5,12H,6-9H2,1-2H3,(H,20,24)(H,21,22). The monoisotopic (exact) mass is 398 g/mol. The third kappa shape index (κ3) is 3.72. The first kappa shape index (κ1) is 19.4. The molecule has 3 rings (SSSR count). The summed E-state index contributed by atoms with van der Waals surface area (Å²) in [7, 11) is -3.71. The molecule has 7 nitrogen and oxygen atoms in total. The van der Waals surface area contributed by atoms with Crippen molar-refractivity contribution < 1.29 is 22.0 Å². The minimum absolute atomic E-state index is 0.143. The lowest BCUT2D eigenvalue weighted by molar-refractivity contribution is -0.121. The number of aromatic nitrogens is 2. The van der Waals surface area contributed by atoms with Crippen molar-refractivity contribution >= 4 is 21.6 Å². The number of benzene rings is 1. The van der Waals surface area contributed by atoms with Gasteiger partial charge in [-0.15, -0.1) is 0 Å². The van der Waals surface area contributed by atoms with Gasteiger partial charge in [-0.25, -0.2) is 17.2 Å². The van der Waals surface area contributed by atoms with Crippen molar-refractivity contribution in [1.29, 1.82) is 0 Å². The number of amides is 1. The number of sulfonamides is 1. The number of hydrogen-bond acceptors (Lipinski definition) is 4. The van der Waals surface area contributed by atoms with Gasteiger partial charge in [0.1, 0.15) is 22.2 Å². The van der Waals surface area contributed by atoms with Crippen molar-refractivity contribution in [2.75, 3.05) is 18.4 Å². The quantitative estimate of drug-likeness (QED) is 0.826. The Bertz CT molecular complexity index is 927. The van der Waals surface area contributed by atoms with Gasteiger partial charge in [-0.05, 0) is 38.8 Å². The highest BCUT2D eigenvalue weighted by molar-refractivity contribution is 7.89. The predicted molar refractivity (Wildman–Crippen MR) is 94.5 cm³/mol. The van der Waals surface area contributed by atoms with Crippen LogP contribution in [0.15, 0.2) is 23.1 Å². The third-order valence-electron chi connectivity index (χ3n) is 4.69. The minimum Gasteiger partial charge on any atom is -0.321 e. The van der Waals surface area contributed by atoms with Crippen LogP contribution in [0.25, 0.3) is 0 Å². The second-order valence-corrected chi connectivity index (χ2v) is 8.40. The van der Waals surface area contributed by atoms with Crippen LogP contribution >= 0.6 is 0 Å². The SMILES string of the molecule is Cc1n[nH]c(C)c1S(=O)(=O)N1CCC(C(=O)Nc2c(F)cccc2F)CC1. The Morgan fingerprint density at radius 3 is 2.33 bits per heavy atom. The Hall–Kier alpha value is -2.33. The van der Waals surface area contributed by atoms with Gasteiger partial charge < -0.3 is 5.32 Å². The Morgan fingerprint density at radius 2 is 1.81 bits per heavy atom. The topological polar surface area (TPSA) is 95.2 Å². The van der Waals surface area contributed by atoms with Crippen molar-refractivity contribution in [3.8, 4) is 0 Å². The Labute approximate surface area is 155 Å². The normalized spacial score (nSPS) is 16.4. The second kappa shape index (κ2) is 7.35. The van der Waals surface area contributed by atoms with Crippen LogP contribution in [0, 0.1) is 31.4 Å². The molecule has 0 radical (unpaired) electrons. The van der Waals surface area contributed by atoms with Crippen LogP contribution in [0.5, 0.6) is 0 Å². The van der Waals surface area contributed by atoms with E-state index in [2.05, 4.69) is 15.5 Å². The van der Waals surface area contributed by atoms with Gasteiger partial charge in [0.05, 0.1) is 11.4 Å². The first-order valence-electron chi connectivity index (χ1n) is 8.48. The number of nitrogens with zero attached hydrogens (tertiary/aromatic N) is 2. The van der Waals surface area contributed by atoms with Crippen molar-refractivity contribution in [2.45, 2.75) is 31.6 Å². The number of carbonyl (C=O) groups excluding carboxylic acids is 1. The van der Waals surface area contributed by atoms with E-state index >= 15 is 0 Å². The van der Waals surface area contributed by atoms with Crippen LogP contribution < -0.4 is 5.32 Å². The molecule has 1 saturated heterocycles. The molecule has 0 atom stereocenters. The zero-order valence-corrected chi connectivity index (χ0v) is 15.7. The molecule has 146 valence electrons. The summed E-state index contributed by atoms with van der Waals surface area (Å²) in [5.41, 5.74) is 0.368. The van der Waals surface area contributed by atoms with Gasteiger partial charge in [0.2, 0.25) is 15.9 Å². The van der Waals surface area contributed by atoms with Gasteiger partial charge in [0.25, 0.3) is 0 Å². The molecule has 0 spiro atoms. The van der Waals surface area contributed by atoms with Crippen molar-refractivity contribution in [1.82, 2.24) is 14.5 Å². The number of piperidine rings is 1. The van der Waals surface area contributed by atoms with Crippen LogP contribution in [0.1, 0.15) is 24.2 Å². The van der Waals surface area contributed by atoms with Gasteiger partial charge in [-0.1, -0.05) is 6.07 Å². The van der Waals surface area contributed by atoms with Gasteiger partial charge in [-0.2, -0.15) is 9.40 Å². The Kier molecular flexibility index (Phi) is 5.29. The van der Waals surface area contributed by atoms with Crippen LogP contribution in [-0.4, -0.2) is 41.9 Å². The summed E-state index contributed by atoms with van der Waals surface area (Å²) in [6.45, 7) is 3.53. The first-order chi connectivity index (χ1) is 12.7. The van der Waals surface area contributed by atoms with E-state index in [1.165, 1.54) is 10.4 Å². The number of aromatic amines is 1. The first-order valence-corrected chi connectivity index (χ1v) is 9.92. The molecule has 1 aliphatic rings. The molecule has 2 N–H and O–H groups in total. The van der Waals surface area contributed by atoms with Crippen LogP contribution in [0.2, 0.25) is 0 Å². The van der Waals surface area contributed by atoms with Crippen molar-refractivity contribution in [3.63, 3.8) is 0 Å². The highest BCUT2D eigenvalue weighted by atomic mass is 32.2. The average molecular weight is 398 g/mol. The number of H-pyrrole nitrogens is 1. The van der Waals surface area contributed by atoms with Gasteiger partial charge in [0, 0.05) is 19.0 Å². The molecule has 1 aromatic carbocycles. The summed E-state index contributed by atoms with van der Waals surface area (Å²) < 4.78 is 54.3. The third-order valence-corrected chi connectivity index (χ3v) is 6.86. The number of rotatable bonds is 4. The fourth-order valence-electron chi connectivity index (χ4n) is 3.25.